The summed E-state index contributed by atoms with van der Waals surface area (Å²) >= 11 is 0. The number of aromatic nitrogens is 1. The van der Waals surface area contributed by atoms with Crippen molar-refractivity contribution in [2.45, 2.75) is 78.7 Å². The number of hydrogen-bond acceptors (Lipinski definition) is 3. The van der Waals surface area contributed by atoms with E-state index in [1.165, 1.54) is 50.5 Å². The molecule has 4 nitrogen and oxygen atoms in total. The molecule has 0 aliphatic carbocycles. The molecule has 0 radical (unpaired) electrons. The average molecular weight is 514 g/mol. The molecule has 38 heavy (non-hydrogen) atoms. The first-order chi connectivity index (χ1) is 18.6. The van der Waals surface area contributed by atoms with Crippen LogP contribution in [0.2, 0.25) is 0 Å². The number of amides is 1. The second-order valence-corrected chi connectivity index (χ2v) is 10.3. The number of hydrogen-bond donors (Lipinski definition) is 0. The summed E-state index contributed by atoms with van der Waals surface area (Å²) in [6, 6.07) is 22.7. The largest absolute Gasteiger partial charge is 0.333 e. The van der Waals surface area contributed by atoms with Gasteiger partial charge in [-0.1, -0.05) is 95.0 Å². The van der Waals surface area contributed by atoms with E-state index in [1.54, 1.807) is 0 Å². The van der Waals surface area contributed by atoms with Crippen molar-refractivity contribution in [2.24, 2.45) is 0 Å². The van der Waals surface area contributed by atoms with Gasteiger partial charge in [-0.25, -0.2) is 0 Å². The Kier molecular flexibility index (Phi) is 13.1. The van der Waals surface area contributed by atoms with Gasteiger partial charge in [0.05, 0.1) is 5.69 Å². The molecule has 0 aliphatic rings. The Labute approximate surface area is 231 Å². The standard InChI is InChI=1S/C34H47N3O/c1-4-7-11-14-29-17-20-32(21-18-29)34(38)37(26-25-36(23-8-5-2)24-9-6-3)28-30-19-22-33(35-27-30)31-15-12-10-13-16-31/h10,12-13,15-22,27H,4-9,11,14,23-26,28H2,1-3H3. The van der Waals surface area contributed by atoms with Gasteiger partial charge in [-0.05, 0) is 68.1 Å². The first-order valence-electron chi connectivity index (χ1n) is 14.8. The van der Waals surface area contributed by atoms with Crippen LogP contribution in [0.5, 0.6) is 0 Å². The number of aryl methyl sites for hydroxylation is 1. The van der Waals surface area contributed by atoms with Crippen molar-refractivity contribution >= 4 is 5.91 Å². The lowest BCUT2D eigenvalue weighted by atomic mass is 10.0. The third kappa shape index (κ3) is 9.72. The fraction of sp³-hybridized carbons (Fsp3) is 0.471. The van der Waals surface area contributed by atoms with Crippen LogP contribution in [-0.2, 0) is 13.0 Å². The first-order valence-corrected chi connectivity index (χ1v) is 14.8. The van der Waals surface area contributed by atoms with E-state index in [-0.39, 0.29) is 5.91 Å². The fourth-order valence-electron chi connectivity index (χ4n) is 4.71. The predicted octanol–water partition coefficient (Wildman–Crippen LogP) is 8.03. The van der Waals surface area contributed by atoms with Crippen LogP contribution in [0, 0.1) is 0 Å². The zero-order valence-corrected chi connectivity index (χ0v) is 23.9. The highest BCUT2D eigenvalue weighted by Crippen LogP contribution is 2.18. The molecular weight excluding hydrogens is 466 g/mol. The van der Waals surface area contributed by atoms with Gasteiger partial charge in [-0.15, -0.1) is 0 Å². The van der Waals surface area contributed by atoms with Crippen molar-refractivity contribution in [3.05, 3.63) is 89.6 Å². The molecule has 3 rings (SSSR count). The summed E-state index contributed by atoms with van der Waals surface area (Å²) in [5.74, 6) is 0.100. The van der Waals surface area contributed by atoms with Crippen LogP contribution in [0.1, 0.15) is 87.2 Å². The Morgan fingerprint density at radius 2 is 1.34 bits per heavy atom. The molecule has 1 aromatic heterocycles. The van der Waals surface area contributed by atoms with Crippen LogP contribution < -0.4 is 0 Å². The minimum absolute atomic E-state index is 0.100. The van der Waals surface area contributed by atoms with Gasteiger partial charge in [0, 0.05) is 37.0 Å². The van der Waals surface area contributed by atoms with E-state index in [0.29, 0.717) is 13.1 Å². The van der Waals surface area contributed by atoms with Crippen LogP contribution in [0.15, 0.2) is 72.9 Å². The number of pyridine rings is 1. The van der Waals surface area contributed by atoms with Gasteiger partial charge in [-0.2, -0.15) is 0 Å². The van der Waals surface area contributed by atoms with E-state index in [9.17, 15) is 4.79 Å². The molecule has 0 aliphatic heterocycles. The summed E-state index contributed by atoms with van der Waals surface area (Å²) in [6.45, 7) is 11.1. The van der Waals surface area contributed by atoms with Crippen molar-refractivity contribution in [3.63, 3.8) is 0 Å². The number of carbonyl (C=O) groups excluding carboxylic acids is 1. The Balaban J connectivity index is 1.74. The molecule has 0 saturated carbocycles. The van der Waals surface area contributed by atoms with Crippen molar-refractivity contribution in [2.75, 3.05) is 26.2 Å². The predicted molar refractivity (Wildman–Crippen MR) is 160 cm³/mol. The molecule has 0 unspecified atom stereocenters. The lowest BCUT2D eigenvalue weighted by Gasteiger charge is -2.28. The molecule has 0 fully saturated rings. The van der Waals surface area contributed by atoms with Gasteiger partial charge in [0.2, 0.25) is 0 Å². The van der Waals surface area contributed by atoms with Gasteiger partial charge in [0.15, 0.2) is 0 Å². The number of carbonyl (C=O) groups is 1. The maximum Gasteiger partial charge on any atom is 0.254 e. The van der Waals surface area contributed by atoms with Crippen LogP contribution >= 0.6 is 0 Å². The number of unbranched alkanes of at least 4 members (excludes halogenated alkanes) is 4. The molecular formula is C34H47N3O. The van der Waals surface area contributed by atoms with Crippen LogP contribution in [0.4, 0.5) is 0 Å². The van der Waals surface area contributed by atoms with E-state index in [1.807, 2.05) is 41.4 Å². The molecule has 0 N–H and O–H groups in total. The van der Waals surface area contributed by atoms with Crippen molar-refractivity contribution in [1.29, 1.82) is 0 Å². The molecule has 0 bridgehead atoms. The van der Waals surface area contributed by atoms with Crippen molar-refractivity contribution in [3.8, 4) is 11.3 Å². The molecule has 204 valence electrons. The van der Waals surface area contributed by atoms with Crippen molar-refractivity contribution in [1.82, 2.24) is 14.8 Å². The van der Waals surface area contributed by atoms with Gasteiger partial charge in [0.25, 0.3) is 5.91 Å². The zero-order valence-electron chi connectivity index (χ0n) is 23.9. The van der Waals surface area contributed by atoms with Crippen LogP contribution in [0.3, 0.4) is 0 Å². The molecule has 1 heterocycles. The minimum Gasteiger partial charge on any atom is -0.333 e. The van der Waals surface area contributed by atoms with Gasteiger partial charge < -0.3 is 9.80 Å². The molecule has 0 spiro atoms. The van der Waals surface area contributed by atoms with E-state index < -0.39 is 0 Å². The molecule has 0 atom stereocenters. The number of rotatable bonds is 17. The molecule has 3 aromatic rings. The van der Waals surface area contributed by atoms with Crippen LogP contribution in [0.25, 0.3) is 11.3 Å². The lowest BCUT2D eigenvalue weighted by molar-refractivity contribution is 0.0720. The third-order valence-electron chi connectivity index (χ3n) is 7.17. The quantitative estimate of drug-likeness (QED) is 0.171. The third-order valence-corrected chi connectivity index (χ3v) is 7.17. The van der Waals surface area contributed by atoms with Gasteiger partial charge >= 0.3 is 0 Å². The second-order valence-electron chi connectivity index (χ2n) is 10.3. The second kappa shape index (κ2) is 16.8. The molecule has 1 amide bonds. The van der Waals surface area contributed by atoms with E-state index in [2.05, 4.69) is 62.1 Å². The Hall–Kier alpha value is -2.98. The smallest absolute Gasteiger partial charge is 0.254 e. The molecule has 0 saturated heterocycles. The van der Waals surface area contributed by atoms with Gasteiger partial charge in [-0.3, -0.25) is 9.78 Å². The number of nitrogens with zero attached hydrogens (tertiary/aromatic N) is 3. The summed E-state index contributed by atoms with van der Waals surface area (Å²) in [7, 11) is 0. The SMILES string of the molecule is CCCCCc1ccc(C(=O)N(CCN(CCCC)CCCC)Cc2ccc(-c3ccccc3)nc2)cc1. The normalized spacial score (nSPS) is 11.2. The van der Waals surface area contributed by atoms with Crippen molar-refractivity contribution < 1.29 is 4.79 Å². The monoisotopic (exact) mass is 513 g/mol. The molecule has 4 heteroatoms. The highest BCUT2D eigenvalue weighted by atomic mass is 16.2. The summed E-state index contributed by atoms with van der Waals surface area (Å²) < 4.78 is 0. The summed E-state index contributed by atoms with van der Waals surface area (Å²) in [4.78, 5) is 23.0. The van der Waals surface area contributed by atoms with Crippen LogP contribution in [-0.4, -0.2) is 46.9 Å². The molecule has 2 aromatic carbocycles. The van der Waals surface area contributed by atoms with E-state index >= 15 is 0 Å². The highest BCUT2D eigenvalue weighted by molar-refractivity contribution is 5.94. The van der Waals surface area contributed by atoms with E-state index in [4.69, 9.17) is 4.98 Å². The number of benzene rings is 2. The maximum atomic E-state index is 13.7. The zero-order chi connectivity index (χ0) is 27.0. The highest BCUT2D eigenvalue weighted by Gasteiger charge is 2.18. The summed E-state index contributed by atoms with van der Waals surface area (Å²) in [5.41, 5.74) is 5.20. The van der Waals surface area contributed by atoms with Gasteiger partial charge in [0.1, 0.15) is 0 Å². The topological polar surface area (TPSA) is 36.4 Å². The summed E-state index contributed by atoms with van der Waals surface area (Å²) in [6.07, 6.45) is 11.4. The average Bonchev–Trinajstić information content (AvgIpc) is 2.97. The Morgan fingerprint density at radius 3 is 1.95 bits per heavy atom. The minimum atomic E-state index is 0.100. The first kappa shape index (κ1) is 29.6. The lowest BCUT2D eigenvalue weighted by Crippen LogP contribution is -2.39. The fourth-order valence-corrected chi connectivity index (χ4v) is 4.71. The van der Waals surface area contributed by atoms with E-state index in [0.717, 1.165) is 48.4 Å². The Morgan fingerprint density at radius 1 is 0.684 bits per heavy atom. The summed E-state index contributed by atoms with van der Waals surface area (Å²) in [5, 5.41) is 0. The maximum absolute atomic E-state index is 13.7. The Bertz CT molecular complexity index is 1040.